The van der Waals surface area contributed by atoms with Gasteiger partial charge >= 0.3 is 0 Å². The van der Waals surface area contributed by atoms with Crippen LogP contribution in [0.4, 0.5) is 5.69 Å². The van der Waals surface area contributed by atoms with E-state index < -0.39 is 0 Å². The van der Waals surface area contributed by atoms with Gasteiger partial charge in [-0.15, -0.1) is 11.3 Å². The van der Waals surface area contributed by atoms with E-state index in [0.717, 1.165) is 54.5 Å². The van der Waals surface area contributed by atoms with Crippen LogP contribution < -0.4 is 5.32 Å². The van der Waals surface area contributed by atoms with Crippen molar-refractivity contribution in [3.05, 3.63) is 76.1 Å². The Morgan fingerprint density at radius 2 is 2.00 bits per heavy atom. The Bertz CT molecular complexity index is 1050. The number of thiazole rings is 1. The SMILES string of the molecule is CC(C)(C)c1ccccc1NC(=O)c1csc(C2CCN(C/C=C\c3ccco3)CC2)n1. The number of benzene rings is 1. The molecule has 5 nitrogen and oxygen atoms in total. The summed E-state index contributed by atoms with van der Waals surface area (Å²) in [5.41, 5.74) is 2.45. The summed E-state index contributed by atoms with van der Waals surface area (Å²) in [4.78, 5) is 20.0. The third-order valence-corrected chi connectivity index (χ3v) is 6.87. The van der Waals surface area contributed by atoms with Crippen LogP contribution in [0.3, 0.4) is 0 Å². The van der Waals surface area contributed by atoms with Crippen molar-refractivity contribution in [1.29, 1.82) is 0 Å². The van der Waals surface area contributed by atoms with Gasteiger partial charge in [-0.05, 0) is 61.2 Å². The Morgan fingerprint density at radius 1 is 1.22 bits per heavy atom. The molecule has 1 fully saturated rings. The molecular formula is C26H31N3O2S. The number of rotatable bonds is 6. The van der Waals surface area contributed by atoms with E-state index >= 15 is 0 Å². The van der Waals surface area contributed by atoms with Crippen LogP contribution in [0.2, 0.25) is 0 Å². The molecule has 1 aliphatic heterocycles. The fourth-order valence-electron chi connectivity index (χ4n) is 4.08. The molecule has 1 saturated heterocycles. The van der Waals surface area contributed by atoms with Crippen molar-refractivity contribution >= 4 is 29.0 Å². The molecule has 4 rings (SSSR count). The Morgan fingerprint density at radius 3 is 2.72 bits per heavy atom. The minimum absolute atomic E-state index is 0.0434. The number of nitrogens with zero attached hydrogens (tertiary/aromatic N) is 2. The number of para-hydroxylation sites is 1. The topological polar surface area (TPSA) is 58.4 Å². The highest BCUT2D eigenvalue weighted by Gasteiger charge is 2.24. The largest absolute Gasteiger partial charge is 0.465 e. The van der Waals surface area contributed by atoms with E-state index in [0.29, 0.717) is 11.6 Å². The van der Waals surface area contributed by atoms with Gasteiger partial charge in [0.25, 0.3) is 5.91 Å². The summed E-state index contributed by atoms with van der Waals surface area (Å²) in [5.74, 6) is 1.18. The molecule has 0 aliphatic carbocycles. The standard InChI is InChI=1S/C26H31N3O2S/c1-26(2,3)21-10-4-5-11-22(21)27-24(30)23-18-32-25(28-23)19-12-15-29(16-13-19)14-6-8-20-9-7-17-31-20/h4-11,17-19H,12-16H2,1-3H3,(H,27,30)/b8-6-. The molecule has 0 bridgehead atoms. The molecule has 0 spiro atoms. The van der Waals surface area contributed by atoms with E-state index in [1.54, 1.807) is 17.6 Å². The highest BCUT2D eigenvalue weighted by molar-refractivity contribution is 7.10. The highest BCUT2D eigenvalue weighted by atomic mass is 32.1. The Kier molecular flexibility index (Phi) is 6.92. The lowest BCUT2D eigenvalue weighted by molar-refractivity contribution is 0.102. The second kappa shape index (κ2) is 9.84. The van der Waals surface area contributed by atoms with Crippen LogP contribution in [0, 0.1) is 0 Å². The molecule has 32 heavy (non-hydrogen) atoms. The van der Waals surface area contributed by atoms with E-state index in [2.05, 4.69) is 43.1 Å². The van der Waals surface area contributed by atoms with Crippen LogP contribution in [0.5, 0.6) is 0 Å². The maximum absolute atomic E-state index is 12.9. The second-order valence-corrected chi connectivity index (χ2v) is 10.2. The summed E-state index contributed by atoms with van der Waals surface area (Å²) in [7, 11) is 0. The van der Waals surface area contributed by atoms with Crippen molar-refractivity contribution in [3.63, 3.8) is 0 Å². The van der Waals surface area contributed by atoms with Crippen LogP contribution in [0.15, 0.2) is 58.5 Å². The maximum atomic E-state index is 12.9. The summed E-state index contributed by atoms with van der Waals surface area (Å²) >= 11 is 1.61. The van der Waals surface area contributed by atoms with Gasteiger partial charge in [0.2, 0.25) is 0 Å². The number of aromatic nitrogens is 1. The number of furan rings is 1. The molecule has 1 N–H and O–H groups in total. The van der Waals surface area contributed by atoms with Crippen molar-refractivity contribution in [2.45, 2.75) is 44.9 Å². The average molecular weight is 450 g/mol. The number of carbonyl (C=O) groups excluding carboxylic acids is 1. The lowest BCUT2D eigenvalue weighted by Gasteiger charge is -2.30. The molecule has 1 aliphatic rings. The number of carbonyl (C=O) groups is 1. The maximum Gasteiger partial charge on any atom is 0.275 e. The second-order valence-electron chi connectivity index (χ2n) is 9.31. The Labute approximate surface area is 194 Å². The van der Waals surface area contributed by atoms with Crippen molar-refractivity contribution < 1.29 is 9.21 Å². The molecule has 168 valence electrons. The van der Waals surface area contributed by atoms with Gasteiger partial charge in [-0.3, -0.25) is 9.69 Å². The van der Waals surface area contributed by atoms with Gasteiger partial charge < -0.3 is 9.73 Å². The predicted molar refractivity (Wildman–Crippen MR) is 131 cm³/mol. The van der Waals surface area contributed by atoms with Crippen molar-refractivity contribution in [2.24, 2.45) is 0 Å². The zero-order chi connectivity index (χ0) is 22.6. The van der Waals surface area contributed by atoms with Crippen LogP contribution in [-0.4, -0.2) is 35.4 Å². The van der Waals surface area contributed by atoms with Gasteiger partial charge in [0.15, 0.2) is 0 Å². The molecule has 1 amide bonds. The first kappa shape index (κ1) is 22.5. The monoisotopic (exact) mass is 449 g/mol. The summed E-state index contributed by atoms with van der Waals surface area (Å²) in [6.45, 7) is 9.45. The van der Waals surface area contributed by atoms with Crippen molar-refractivity contribution in [2.75, 3.05) is 25.0 Å². The van der Waals surface area contributed by atoms with Gasteiger partial charge in [-0.1, -0.05) is 45.0 Å². The number of likely N-dealkylation sites (tertiary alicyclic amines) is 1. The number of hydrogen-bond acceptors (Lipinski definition) is 5. The zero-order valence-electron chi connectivity index (χ0n) is 19.0. The first-order valence-electron chi connectivity index (χ1n) is 11.2. The molecule has 2 aromatic heterocycles. The van der Waals surface area contributed by atoms with Crippen molar-refractivity contribution in [3.8, 4) is 0 Å². The summed E-state index contributed by atoms with van der Waals surface area (Å²) in [6.07, 6.45) is 8.00. The number of amides is 1. The van der Waals surface area contributed by atoms with Crippen LogP contribution >= 0.6 is 11.3 Å². The molecule has 3 heterocycles. The van der Waals surface area contributed by atoms with E-state index in [4.69, 9.17) is 9.40 Å². The van der Waals surface area contributed by atoms with Gasteiger partial charge in [-0.2, -0.15) is 0 Å². The number of anilines is 1. The average Bonchev–Trinajstić information content (AvgIpc) is 3.46. The van der Waals surface area contributed by atoms with Crippen LogP contribution in [0.1, 0.15) is 66.4 Å². The zero-order valence-corrected chi connectivity index (χ0v) is 19.8. The number of nitrogens with one attached hydrogen (secondary N) is 1. The van der Waals surface area contributed by atoms with E-state index in [-0.39, 0.29) is 11.3 Å². The molecular weight excluding hydrogens is 418 g/mol. The fourth-order valence-corrected chi connectivity index (χ4v) is 5.05. The smallest absolute Gasteiger partial charge is 0.275 e. The lowest BCUT2D eigenvalue weighted by Crippen LogP contribution is -2.33. The summed E-state index contributed by atoms with van der Waals surface area (Å²) in [5, 5.41) is 6.04. The molecule has 0 radical (unpaired) electrons. The van der Waals surface area contributed by atoms with Crippen LogP contribution in [0.25, 0.3) is 6.08 Å². The molecule has 3 aromatic rings. The van der Waals surface area contributed by atoms with Gasteiger partial charge in [0.05, 0.1) is 11.3 Å². The highest BCUT2D eigenvalue weighted by Crippen LogP contribution is 2.32. The third-order valence-electron chi connectivity index (χ3n) is 5.86. The van der Waals surface area contributed by atoms with Gasteiger partial charge in [0, 0.05) is 23.5 Å². The lowest BCUT2D eigenvalue weighted by atomic mass is 9.86. The number of hydrogen-bond donors (Lipinski definition) is 1. The minimum atomic E-state index is -0.135. The Hall–Kier alpha value is -2.70. The van der Waals surface area contributed by atoms with Gasteiger partial charge in [-0.25, -0.2) is 4.98 Å². The first-order valence-corrected chi connectivity index (χ1v) is 12.1. The molecule has 6 heteroatoms. The van der Waals surface area contributed by atoms with Crippen LogP contribution in [-0.2, 0) is 5.41 Å². The quantitative estimate of drug-likeness (QED) is 0.488. The number of piperidine rings is 1. The summed E-state index contributed by atoms with van der Waals surface area (Å²) < 4.78 is 5.33. The van der Waals surface area contributed by atoms with E-state index in [1.807, 2.05) is 41.8 Å². The van der Waals surface area contributed by atoms with E-state index in [9.17, 15) is 4.79 Å². The summed E-state index contributed by atoms with van der Waals surface area (Å²) in [6, 6.07) is 11.9. The van der Waals surface area contributed by atoms with E-state index in [1.165, 1.54) is 0 Å². The first-order chi connectivity index (χ1) is 15.4. The molecule has 0 unspecified atom stereocenters. The third kappa shape index (κ3) is 5.56. The Balaban J connectivity index is 1.32. The molecule has 1 aromatic carbocycles. The molecule has 0 saturated carbocycles. The van der Waals surface area contributed by atoms with Crippen molar-refractivity contribution in [1.82, 2.24) is 9.88 Å². The van der Waals surface area contributed by atoms with Gasteiger partial charge in [0.1, 0.15) is 11.5 Å². The molecule has 0 atom stereocenters. The fraction of sp³-hybridized carbons (Fsp3) is 0.385. The minimum Gasteiger partial charge on any atom is -0.465 e. The predicted octanol–water partition coefficient (Wildman–Crippen LogP) is 6.18. The normalized spacial score (nSPS) is 16.0.